The SMILES string of the molecule is CN=C(NCCc1c[nH]c2ccccc12)NCc1ccccc1CN1CCCC1=O. The molecule has 0 unspecified atom stereocenters. The van der Waals surface area contributed by atoms with Crippen molar-refractivity contribution in [2.24, 2.45) is 4.99 Å². The molecule has 0 atom stereocenters. The Labute approximate surface area is 177 Å². The van der Waals surface area contributed by atoms with Gasteiger partial charge in [0.05, 0.1) is 0 Å². The summed E-state index contributed by atoms with van der Waals surface area (Å²) in [5.41, 5.74) is 4.85. The Balaban J connectivity index is 1.31. The molecule has 0 saturated carbocycles. The lowest BCUT2D eigenvalue weighted by Crippen LogP contribution is -2.38. The van der Waals surface area contributed by atoms with Gasteiger partial charge in [-0.15, -0.1) is 0 Å². The number of hydrogen-bond donors (Lipinski definition) is 3. The van der Waals surface area contributed by atoms with Crippen LogP contribution in [0.4, 0.5) is 0 Å². The first kappa shape index (κ1) is 20.0. The molecule has 156 valence electrons. The van der Waals surface area contributed by atoms with Crippen molar-refractivity contribution >= 4 is 22.8 Å². The minimum atomic E-state index is 0.257. The van der Waals surface area contributed by atoms with Gasteiger partial charge < -0.3 is 20.5 Å². The first-order valence-corrected chi connectivity index (χ1v) is 10.6. The average Bonchev–Trinajstić information content (AvgIpc) is 3.37. The number of H-pyrrole nitrogens is 1. The fraction of sp³-hybridized carbons (Fsp3) is 0.333. The van der Waals surface area contributed by atoms with Gasteiger partial charge >= 0.3 is 0 Å². The van der Waals surface area contributed by atoms with E-state index in [0.29, 0.717) is 19.5 Å². The number of aliphatic imine (C=N–C) groups is 1. The highest BCUT2D eigenvalue weighted by molar-refractivity contribution is 5.83. The van der Waals surface area contributed by atoms with Crippen molar-refractivity contribution in [2.45, 2.75) is 32.4 Å². The predicted molar refractivity (Wildman–Crippen MR) is 121 cm³/mol. The van der Waals surface area contributed by atoms with Crippen LogP contribution in [0, 0.1) is 0 Å². The van der Waals surface area contributed by atoms with Crippen LogP contribution in [0.15, 0.2) is 59.7 Å². The molecule has 0 radical (unpaired) electrons. The summed E-state index contributed by atoms with van der Waals surface area (Å²) in [7, 11) is 1.79. The van der Waals surface area contributed by atoms with Gasteiger partial charge in [-0.25, -0.2) is 0 Å². The number of aromatic nitrogens is 1. The summed E-state index contributed by atoms with van der Waals surface area (Å²) in [4.78, 5) is 21.6. The minimum absolute atomic E-state index is 0.257. The molecule has 2 heterocycles. The summed E-state index contributed by atoms with van der Waals surface area (Å²) in [6.07, 6.45) is 4.64. The van der Waals surface area contributed by atoms with Gasteiger partial charge in [-0.05, 0) is 35.6 Å². The van der Waals surface area contributed by atoms with Crippen LogP contribution >= 0.6 is 0 Å². The third-order valence-electron chi connectivity index (χ3n) is 5.68. The number of guanidine groups is 1. The van der Waals surface area contributed by atoms with Crippen LogP contribution in [0.5, 0.6) is 0 Å². The summed E-state index contributed by atoms with van der Waals surface area (Å²) < 4.78 is 0. The number of aromatic amines is 1. The maximum atomic E-state index is 12.0. The van der Waals surface area contributed by atoms with Crippen molar-refractivity contribution in [2.75, 3.05) is 20.1 Å². The first-order chi connectivity index (χ1) is 14.7. The highest BCUT2D eigenvalue weighted by Crippen LogP contribution is 2.18. The lowest BCUT2D eigenvalue weighted by atomic mass is 10.1. The monoisotopic (exact) mass is 403 g/mol. The molecule has 1 fully saturated rings. The standard InChI is InChI=1S/C24H29N5O/c1-25-24(26-13-12-19-16-27-22-10-5-4-9-21(19)22)28-15-18-7-2-3-8-20(18)17-29-14-6-11-23(29)30/h2-5,7-10,16,27H,6,11-15,17H2,1H3,(H2,25,26,28). The Morgan fingerprint density at radius 1 is 1.07 bits per heavy atom. The summed E-state index contributed by atoms with van der Waals surface area (Å²) in [6.45, 7) is 3.01. The van der Waals surface area contributed by atoms with E-state index in [9.17, 15) is 4.79 Å². The van der Waals surface area contributed by atoms with Crippen LogP contribution in [-0.4, -0.2) is 41.9 Å². The molecule has 30 heavy (non-hydrogen) atoms. The average molecular weight is 404 g/mol. The van der Waals surface area contributed by atoms with Crippen LogP contribution in [0.25, 0.3) is 10.9 Å². The molecular formula is C24H29N5O. The first-order valence-electron chi connectivity index (χ1n) is 10.6. The van der Waals surface area contributed by atoms with Crippen molar-refractivity contribution in [3.05, 3.63) is 71.4 Å². The largest absolute Gasteiger partial charge is 0.361 e. The maximum Gasteiger partial charge on any atom is 0.222 e. The number of rotatable bonds is 7. The predicted octanol–water partition coefficient (Wildman–Crippen LogP) is 3.20. The number of amides is 1. The van der Waals surface area contributed by atoms with Crippen LogP contribution in [0.2, 0.25) is 0 Å². The molecule has 6 nitrogen and oxygen atoms in total. The van der Waals surface area contributed by atoms with E-state index in [2.05, 4.69) is 57.1 Å². The summed E-state index contributed by atoms with van der Waals surface area (Å²) >= 11 is 0. The molecule has 1 aliphatic heterocycles. The molecule has 4 rings (SSSR count). The van der Waals surface area contributed by atoms with Gasteiger partial charge in [0.25, 0.3) is 0 Å². The van der Waals surface area contributed by atoms with Crippen molar-refractivity contribution in [1.82, 2.24) is 20.5 Å². The highest BCUT2D eigenvalue weighted by atomic mass is 16.2. The third-order valence-corrected chi connectivity index (χ3v) is 5.68. The minimum Gasteiger partial charge on any atom is -0.361 e. The van der Waals surface area contributed by atoms with Gasteiger partial charge in [0.2, 0.25) is 5.91 Å². The number of hydrogen-bond acceptors (Lipinski definition) is 2. The number of likely N-dealkylation sites (tertiary alicyclic amines) is 1. The van der Waals surface area contributed by atoms with Gasteiger partial charge in [0.1, 0.15) is 0 Å². The number of para-hydroxylation sites is 1. The number of nitrogens with zero attached hydrogens (tertiary/aromatic N) is 2. The van der Waals surface area contributed by atoms with Gasteiger partial charge in [-0.2, -0.15) is 0 Å². The van der Waals surface area contributed by atoms with Gasteiger partial charge in [-0.1, -0.05) is 42.5 Å². The number of carbonyl (C=O) groups excluding carboxylic acids is 1. The second-order valence-corrected chi connectivity index (χ2v) is 7.65. The smallest absolute Gasteiger partial charge is 0.222 e. The van der Waals surface area contributed by atoms with Crippen LogP contribution in [-0.2, 0) is 24.3 Å². The molecule has 0 aliphatic carbocycles. The molecule has 0 bridgehead atoms. The van der Waals surface area contributed by atoms with Crippen LogP contribution in [0.1, 0.15) is 29.5 Å². The lowest BCUT2D eigenvalue weighted by molar-refractivity contribution is -0.128. The molecular weight excluding hydrogens is 374 g/mol. The van der Waals surface area contributed by atoms with Gasteiger partial charge in [-0.3, -0.25) is 9.79 Å². The molecule has 1 aromatic heterocycles. The van der Waals surface area contributed by atoms with Crippen LogP contribution < -0.4 is 10.6 Å². The Bertz CT molecular complexity index is 1040. The van der Waals surface area contributed by atoms with Crippen molar-refractivity contribution in [3.63, 3.8) is 0 Å². The molecule has 1 amide bonds. The second kappa shape index (κ2) is 9.48. The van der Waals surface area contributed by atoms with Gasteiger partial charge in [0, 0.05) is 56.7 Å². The summed E-state index contributed by atoms with van der Waals surface area (Å²) in [5, 5.41) is 8.08. The highest BCUT2D eigenvalue weighted by Gasteiger charge is 2.20. The number of fused-ring (bicyclic) bond motifs is 1. The van der Waals surface area contributed by atoms with E-state index in [1.165, 1.54) is 27.6 Å². The molecule has 6 heteroatoms. The van der Waals surface area contributed by atoms with E-state index in [-0.39, 0.29) is 5.91 Å². The van der Waals surface area contributed by atoms with Crippen LogP contribution in [0.3, 0.4) is 0 Å². The summed E-state index contributed by atoms with van der Waals surface area (Å²) in [6, 6.07) is 16.7. The number of benzene rings is 2. The molecule has 3 N–H and O–H groups in total. The number of carbonyl (C=O) groups is 1. The lowest BCUT2D eigenvalue weighted by Gasteiger charge is -2.19. The fourth-order valence-electron chi connectivity index (χ4n) is 4.01. The van der Waals surface area contributed by atoms with Gasteiger partial charge in [0.15, 0.2) is 5.96 Å². The van der Waals surface area contributed by atoms with Crippen molar-refractivity contribution < 1.29 is 4.79 Å². The maximum absolute atomic E-state index is 12.0. The fourth-order valence-corrected chi connectivity index (χ4v) is 4.01. The zero-order chi connectivity index (χ0) is 20.8. The van der Waals surface area contributed by atoms with E-state index in [0.717, 1.165) is 31.9 Å². The number of nitrogens with one attached hydrogen (secondary N) is 3. The third kappa shape index (κ3) is 4.64. The zero-order valence-electron chi connectivity index (χ0n) is 17.4. The molecule has 0 spiro atoms. The van der Waals surface area contributed by atoms with E-state index < -0.39 is 0 Å². The Morgan fingerprint density at radius 2 is 1.87 bits per heavy atom. The van der Waals surface area contributed by atoms with Crippen molar-refractivity contribution in [1.29, 1.82) is 0 Å². The Morgan fingerprint density at radius 3 is 2.67 bits per heavy atom. The molecule has 1 saturated heterocycles. The quantitative estimate of drug-likeness (QED) is 0.419. The van der Waals surface area contributed by atoms with E-state index in [1.54, 1.807) is 7.05 Å². The Kier molecular flexibility index (Phi) is 6.32. The van der Waals surface area contributed by atoms with E-state index in [1.807, 2.05) is 23.1 Å². The summed E-state index contributed by atoms with van der Waals surface area (Å²) in [5.74, 6) is 1.04. The molecule has 1 aliphatic rings. The molecule has 2 aromatic carbocycles. The topological polar surface area (TPSA) is 72.5 Å². The second-order valence-electron chi connectivity index (χ2n) is 7.65. The zero-order valence-corrected chi connectivity index (χ0v) is 17.4. The van der Waals surface area contributed by atoms with Crippen molar-refractivity contribution in [3.8, 4) is 0 Å². The Hall–Kier alpha value is -3.28. The van der Waals surface area contributed by atoms with E-state index >= 15 is 0 Å². The normalized spacial score (nSPS) is 14.5. The van der Waals surface area contributed by atoms with E-state index in [4.69, 9.17) is 0 Å². The molecule has 3 aromatic rings.